The van der Waals surface area contributed by atoms with Crippen molar-refractivity contribution in [2.75, 3.05) is 4.90 Å². The van der Waals surface area contributed by atoms with Crippen molar-refractivity contribution in [3.05, 3.63) is 48.0 Å². The standard InChI is InChI=1S/C26H32BNO4/c1-17-11-14-20-22(28(17)24(29)18-12-13-18)16-15-21(23(20)30-19-9-7-6-8-10-19)27-31-25(2,3)26(4,5)32-27/h6-10,15-18H,11-14H2,1-5H3. The molecular weight excluding hydrogens is 401 g/mol. The van der Waals surface area contributed by atoms with Crippen LogP contribution in [0.2, 0.25) is 0 Å². The van der Waals surface area contributed by atoms with E-state index in [2.05, 4.69) is 40.7 Å². The van der Waals surface area contributed by atoms with Crippen LogP contribution >= 0.6 is 0 Å². The second-order valence-corrected chi connectivity index (χ2v) is 10.4. The molecule has 1 saturated heterocycles. The van der Waals surface area contributed by atoms with Crippen LogP contribution in [-0.2, 0) is 20.5 Å². The Hall–Kier alpha value is -2.31. The lowest BCUT2D eigenvalue weighted by atomic mass is 9.76. The number of amides is 1. The molecular formula is C26H32BNO4. The average molecular weight is 433 g/mol. The van der Waals surface area contributed by atoms with E-state index in [4.69, 9.17) is 14.0 Å². The molecule has 6 heteroatoms. The number of benzene rings is 2. The Morgan fingerprint density at radius 3 is 2.28 bits per heavy atom. The number of rotatable bonds is 4. The molecule has 0 spiro atoms. The zero-order valence-corrected chi connectivity index (χ0v) is 19.7. The van der Waals surface area contributed by atoms with Crippen molar-refractivity contribution in [2.45, 2.75) is 77.5 Å². The smallest absolute Gasteiger partial charge is 0.457 e. The van der Waals surface area contributed by atoms with Crippen LogP contribution in [0.3, 0.4) is 0 Å². The minimum atomic E-state index is -0.532. The Morgan fingerprint density at radius 1 is 1.00 bits per heavy atom. The molecule has 0 bridgehead atoms. The highest BCUT2D eigenvalue weighted by atomic mass is 16.7. The normalized spacial score (nSPS) is 23.7. The summed E-state index contributed by atoms with van der Waals surface area (Å²) in [5, 5.41) is 0. The number of carbonyl (C=O) groups is 1. The first-order valence-electron chi connectivity index (χ1n) is 11.8. The van der Waals surface area contributed by atoms with Crippen LogP contribution in [0.25, 0.3) is 0 Å². The maximum absolute atomic E-state index is 13.2. The van der Waals surface area contributed by atoms with Crippen molar-refractivity contribution in [2.24, 2.45) is 5.92 Å². The second kappa shape index (κ2) is 7.63. The summed E-state index contributed by atoms with van der Waals surface area (Å²) in [6, 6.07) is 14.1. The zero-order valence-electron chi connectivity index (χ0n) is 19.7. The van der Waals surface area contributed by atoms with E-state index in [-0.39, 0.29) is 17.9 Å². The number of fused-ring (bicyclic) bond motifs is 1. The molecule has 1 unspecified atom stereocenters. The maximum atomic E-state index is 13.2. The van der Waals surface area contributed by atoms with Crippen LogP contribution < -0.4 is 15.1 Å². The van der Waals surface area contributed by atoms with Crippen LogP contribution in [0.4, 0.5) is 5.69 Å². The fourth-order valence-electron chi connectivity index (χ4n) is 4.57. The van der Waals surface area contributed by atoms with Gasteiger partial charge in [-0.05, 0) is 78.5 Å². The predicted molar refractivity (Wildman–Crippen MR) is 127 cm³/mol. The topological polar surface area (TPSA) is 48.0 Å². The van der Waals surface area contributed by atoms with E-state index in [0.717, 1.165) is 53.9 Å². The van der Waals surface area contributed by atoms with E-state index < -0.39 is 18.3 Å². The molecule has 2 aromatic rings. The van der Waals surface area contributed by atoms with Crippen molar-refractivity contribution in [1.82, 2.24) is 0 Å². The van der Waals surface area contributed by atoms with Gasteiger partial charge < -0.3 is 18.9 Å². The van der Waals surface area contributed by atoms with Gasteiger partial charge in [-0.3, -0.25) is 4.79 Å². The van der Waals surface area contributed by atoms with Gasteiger partial charge in [0.25, 0.3) is 0 Å². The van der Waals surface area contributed by atoms with Gasteiger partial charge in [-0.1, -0.05) is 24.3 Å². The fraction of sp³-hybridized carbons (Fsp3) is 0.500. The molecule has 0 radical (unpaired) electrons. The fourth-order valence-corrected chi connectivity index (χ4v) is 4.57. The molecule has 0 N–H and O–H groups in total. The van der Waals surface area contributed by atoms with Gasteiger partial charge >= 0.3 is 7.12 Å². The summed E-state index contributed by atoms with van der Waals surface area (Å²) in [7, 11) is -0.532. The lowest BCUT2D eigenvalue weighted by Crippen LogP contribution is -2.44. The lowest BCUT2D eigenvalue weighted by Gasteiger charge is -2.37. The van der Waals surface area contributed by atoms with Gasteiger partial charge in [-0.2, -0.15) is 0 Å². The Bertz CT molecular complexity index is 1020. The largest absolute Gasteiger partial charge is 0.498 e. The summed E-state index contributed by atoms with van der Waals surface area (Å²) in [5.41, 5.74) is 2.01. The Labute approximate surface area is 191 Å². The molecule has 32 heavy (non-hydrogen) atoms. The molecule has 3 aliphatic rings. The van der Waals surface area contributed by atoms with Gasteiger partial charge in [0.15, 0.2) is 0 Å². The van der Waals surface area contributed by atoms with Gasteiger partial charge in [-0.15, -0.1) is 0 Å². The molecule has 2 aliphatic heterocycles. The van der Waals surface area contributed by atoms with E-state index >= 15 is 0 Å². The SMILES string of the molecule is CC1CCc2c(ccc(B3OC(C)(C)C(C)(C)O3)c2Oc2ccccc2)N1C(=O)C1CC1. The third-order valence-corrected chi connectivity index (χ3v) is 7.41. The highest BCUT2D eigenvalue weighted by Gasteiger charge is 2.53. The van der Waals surface area contributed by atoms with Gasteiger partial charge in [0, 0.05) is 23.0 Å². The quantitative estimate of drug-likeness (QED) is 0.647. The molecule has 1 atom stereocenters. The maximum Gasteiger partial charge on any atom is 0.498 e. The molecule has 5 rings (SSSR count). The molecule has 168 valence electrons. The molecule has 5 nitrogen and oxygen atoms in total. The number of hydrogen-bond acceptors (Lipinski definition) is 4. The molecule has 2 fully saturated rings. The molecule has 0 aromatic heterocycles. The van der Waals surface area contributed by atoms with Crippen LogP contribution in [0.15, 0.2) is 42.5 Å². The number of carbonyl (C=O) groups excluding carboxylic acids is 1. The van der Waals surface area contributed by atoms with Crippen molar-refractivity contribution >= 4 is 24.2 Å². The summed E-state index contributed by atoms with van der Waals surface area (Å²) in [5.74, 6) is 1.93. The van der Waals surface area contributed by atoms with Crippen molar-refractivity contribution in [1.29, 1.82) is 0 Å². The minimum Gasteiger partial charge on any atom is -0.457 e. The van der Waals surface area contributed by atoms with E-state index in [0.29, 0.717) is 0 Å². The van der Waals surface area contributed by atoms with Gasteiger partial charge in [0.05, 0.1) is 16.9 Å². The first-order chi connectivity index (χ1) is 15.2. The van der Waals surface area contributed by atoms with Crippen LogP contribution in [0, 0.1) is 5.92 Å². The van der Waals surface area contributed by atoms with E-state index in [1.54, 1.807) is 0 Å². The minimum absolute atomic E-state index is 0.171. The van der Waals surface area contributed by atoms with Crippen molar-refractivity contribution in [3.8, 4) is 11.5 Å². The second-order valence-electron chi connectivity index (χ2n) is 10.4. The van der Waals surface area contributed by atoms with Crippen molar-refractivity contribution < 1.29 is 18.8 Å². The summed E-state index contributed by atoms with van der Waals surface area (Å²) in [4.78, 5) is 15.2. The molecule has 1 aliphatic carbocycles. The summed E-state index contributed by atoms with van der Waals surface area (Å²) >= 11 is 0. The number of ether oxygens (including phenoxy) is 1. The van der Waals surface area contributed by atoms with Gasteiger partial charge in [-0.25, -0.2) is 0 Å². The highest BCUT2D eigenvalue weighted by Crippen LogP contribution is 2.43. The van der Waals surface area contributed by atoms with Crippen LogP contribution in [0.1, 0.15) is 59.4 Å². The Balaban J connectivity index is 1.61. The molecule has 1 saturated carbocycles. The van der Waals surface area contributed by atoms with Crippen LogP contribution in [-0.4, -0.2) is 30.3 Å². The third-order valence-electron chi connectivity index (χ3n) is 7.41. The number of hydrogen-bond donors (Lipinski definition) is 0. The Kier molecular flexibility index (Phi) is 5.14. The first kappa shape index (κ1) is 21.5. The summed E-state index contributed by atoms with van der Waals surface area (Å²) in [6.07, 6.45) is 3.75. The van der Waals surface area contributed by atoms with Crippen LogP contribution in [0.5, 0.6) is 11.5 Å². The number of anilines is 1. The van der Waals surface area contributed by atoms with E-state index in [1.165, 1.54) is 0 Å². The molecule has 2 aromatic carbocycles. The monoisotopic (exact) mass is 433 g/mol. The lowest BCUT2D eigenvalue weighted by molar-refractivity contribution is -0.120. The number of para-hydroxylation sites is 1. The number of nitrogens with zero attached hydrogens (tertiary/aromatic N) is 1. The molecule has 1 amide bonds. The zero-order chi connectivity index (χ0) is 22.7. The van der Waals surface area contributed by atoms with E-state index in [1.807, 2.05) is 41.3 Å². The summed E-state index contributed by atoms with van der Waals surface area (Å²) in [6.45, 7) is 10.4. The summed E-state index contributed by atoms with van der Waals surface area (Å²) < 4.78 is 19.3. The highest BCUT2D eigenvalue weighted by molar-refractivity contribution is 6.63. The van der Waals surface area contributed by atoms with Gasteiger partial charge in [0.2, 0.25) is 5.91 Å². The first-order valence-corrected chi connectivity index (χ1v) is 11.8. The van der Waals surface area contributed by atoms with Crippen molar-refractivity contribution in [3.63, 3.8) is 0 Å². The Morgan fingerprint density at radius 2 is 1.66 bits per heavy atom. The van der Waals surface area contributed by atoms with E-state index in [9.17, 15) is 4.79 Å². The third kappa shape index (κ3) is 3.63. The predicted octanol–water partition coefficient (Wildman–Crippen LogP) is 4.86. The van der Waals surface area contributed by atoms with Gasteiger partial charge in [0.1, 0.15) is 11.5 Å². The average Bonchev–Trinajstić information content (AvgIpc) is 3.55. The molecule has 2 heterocycles.